The standard InChI is InChI=1S/C16H23NO2/c1-4-11-18-14-6-8-15(9-7-14)19-12-5-10-16(2,3)13-17/h6-9H,4-5,10-12H2,1-3H3. The fraction of sp³-hybridized carbons (Fsp3) is 0.562. The van der Waals surface area contributed by atoms with Gasteiger partial charge in [0, 0.05) is 0 Å². The molecular weight excluding hydrogens is 238 g/mol. The first-order valence-electron chi connectivity index (χ1n) is 6.84. The Morgan fingerprint density at radius 1 is 1.05 bits per heavy atom. The molecule has 0 heterocycles. The lowest BCUT2D eigenvalue weighted by Crippen LogP contribution is -2.10. The van der Waals surface area contributed by atoms with Crippen LogP contribution in [0.4, 0.5) is 0 Å². The number of nitrogens with zero attached hydrogens (tertiary/aromatic N) is 1. The number of benzene rings is 1. The van der Waals surface area contributed by atoms with Crippen molar-refractivity contribution in [3.05, 3.63) is 24.3 Å². The van der Waals surface area contributed by atoms with Gasteiger partial charge in [-0.05, 0) is 57.4 Å². The molecule has 1 aromatic rings. The van der Waals surface area contributed by atoms with E-state index >= 15 is 0 Å². The fourth-order valence-electron chi connectivity index (χ4n) is 1.61. The van der Waals surface area contributed by atoms with E-state index in [9.17, 15) is 0 Å². The van der Waals surface area contributed by atoms with Crippen molar-refractivity contribution in [2.75, 3.05) is 13.2 Å². The van der Waals surface area contributed by atoms with Crippen molar-refractivity contribution in [3.63, 3.8) is 0 Å². The molecule has 1 aromatic carbocycles. The van der Waals surface area contributed by atoms with Crippen LogP contribution in [0.1, 0.15) is 40.0 Å². The van der Waals surface area contributed by atoms with E-state index in [-0.39, 0.29) is 5.41 Å². The summed E-state index contributed by atoms with van der Waals surface area (Å²) < 4.78 is 11.1. The largest absolute Gasteiger partial charge is 0.494 e. The minimum atomic E-state index is -0.263. The molecule has 0 saturated carbocycles. The van der Waals surface area contributed by atoms with Gasteiger partial charge in [0.2, 0.25) is 0 Å². The first-order chi connectivity index (χ1) is 9.07. The summed E-state index contributed by atoms with van der Waals surface area (Å²) in [4.78, 5) is 0. The van der Waals surface area contributed by atoms with Crippen LogP contribution in [-0.4, -0.2) is 13.2 Å². The van der Waals surface area contributed by atoms with Crippen LogP contribution in [-0.2, 0) is 0 Å². The second-order valence-electron chi connectivity index (χ2n) is 5.27. The van der Waals surface area contributed by atoms with E-state index in [0.717, 1.165) is 37.4 Å². The van der Waals surface area contributed by atoms with Crippen molar-refractivity contribution in [2.24, 2.45) is 5.41 Å². The quantitative estimate of drug-likeness (QED) is 0.659. The molecule has 0 aliphatic heterocycles. The smallest absolute Gasteiger partial charge is 0.119 e. The van der Waals surface area contributed by atoms with E-state index in [1.54, 1.807) is 0 Å². The van der Waals surface area contributed by atoms with Crippen molar-refractivity contribution in [1.82, 2.24) is 0 Å². The zero-order valence-corrected chi connectivity index (χ0v) is 12.1. The summed E-state index contributed by atoms with van der Waals surface area (Å²) in [5.74, 6) is 1.72. The molecule has 3 nitrogen and oxygen atoms in total. The average Bonchev–Trinajstić information content (AvgIpc) is 2.42. The van der Waals surface area contributed by atoms with Gasteiger partial charge in [-0.15, -0.1) is 0 Å². The van der Waals surface area contributed by atoms with E-state index in [2.05, 4.69) is 13.0 Å². The second kappa shape index (κ2) is 7.68. The van der Waals surface area contributed by atoms with Gasteiger partial charge in [-0.25, -0.2) is 0 Å². The molecule has 19 heavy (non-hydrogen) atoms. The van der Waals surface area contributed by atoms with Crippen LogP contribution in [0.2, 0.25) is 0 Å². The molecule has 1 rings (SSSR count). The number of hydrogen-bond donors (Lipinski definition) is 0. The zero-order valence-electron chi connectivity index (χ0n) is 12.1. The lowest BCUT2D eigenvalue weighted by molar-refractivity contribution is 0.282. The summed E-state index contributed by atoms with van der Waals surface area (Å²) in [7, 11) is 0. The van der Waals surface area contributed by atoms with Crippen molar-refractivity contribution in [2.45, 2.75) is 40.0 Å². The van der Waals surface area contributed by atoms with Crippen molar-refractivity contribution in [1.29, 1.82) is 5.26 Å². The molecule has 0 aliphatic carbocycles. The van der Waals surface area contributed by atoms with E-state index in [4.69, 9.17) is 14.7 Å². The van der Waals surface area contributed by atoms with Gasteiger partial charge in [-0.2, -0.15) is 5.26 Å². The molecule has 0 fully saturated rings. The first kappa shape index (κ1) is 15.4. The predicted octanol–water partition coefficient (Wildman–Crippen LogP) is 4.18. The molecule has 0 radical (unpaired) electrons. The van der Waals surface area contributed by atoms with Crippen molar-refractivity contribution >= 4 is 0 Å². The molecule has 0 unspecified atom stereocenters. The van der Waals surface area contributed by atoms with Gasteiger partial charge in [-0.1, -0.05) is 6.92 Å². The Morgan fingerprint density at radius 3 is 2.05 bits per heavy atom. The van der Waals surface area contributed by atoms with Crippen molar-refractivity contribution < 1.29 is 9.47 Å². The SMILES string of the molecule is CCCOc1ccc(OCCCC(C)(C)C#N)cc1. The molecule has 104 valence electrons. The van der Waals surface area contributed by atoms with Gasteiger partial charge in [0.05, 0.1) is 24.7 Å². The third-order valence-corrected chi connectivity index (χ3v) is 2.81. The highest BCUT2D eigenvalue weighted by molar-refractivity contribution is 5.31. The Balaban J connectivity index is 2.29. The van der Waals surface area contributed by atoms with Gasteiger partial charge < -0.3 is 9.47 Å². The highest BCUT2D eigenvalue weighted by Crippen LogP contribution is 2.22. The van der Waals surface area contributed by atoms with E-state index in [0.29, 0.717) is 6.61 Å². The van der Waals surface area contributed by atoms with Crippen LogP contribution in [0.5, 0.6) is 11.5 Å². The maximum Gasteiger partial charge on any atom is 0.119 e. The summed E-state index contributed by atoms with van der Waals surface area (Å²) in [6.45, 7) is 7.36. The van der Waals surface area contributed by atoms with E-state index in [1.165, 1.54) is 0 Å². The molecule has 0 atom stereocenters. The zero-order chi connectivity index (χ0) is 14.1. The summed E-state index contributed by atoms with van der Waals surface area (Å²) in [6, 6.07) is 9.97. The number of nitriles is 1. The number of ether oxygens (including phenoxy) is 2. The Hall–Kier alpha value is -1.69. The third-order valence-electron chi connectivity index (χ3n) is 2.81. The second-order valence-corrected chi connectivity index (χ2v) is 5.27. The monoisotopic (exact) mass is 261 g/mol. The molecular formula is C16H23NO2. The van der Waals surface area contributed by atoms with Crippen LogP contribution in [0.15, 0.2) is 24.3 Å². The molecule has 0 aromatic heterocycles. The van der Waals surface area contributed by atoms with Crippen LogP contribution in [0, 0.1) is 16.7 Å². The van der Waals surface area contributed by atoms with Gasteiger partial charge >= 0.3 is 0 Å². The summed E-state index contributed by atoms with van der Waals surface area (Å²) in [5, 5.41) is 8.91. The van der Waals surface area contributed by atoms with E-state index in [1.807, 2.05) is 38.1 Å². The first-order valence-corrected chi connectivity index (χ1v) is 6.84. The Bertz CT molecular complexity index is 404. The van der Waals surface area contributed by atoms with Gasteiger partial charge in [0.1, 0.15) is 11.5 Å². The van der Waals surface area contributed by atoms with Gasteiger partial charge in [-0.3, -0.25) is 0 Å². The predicted molar refractivity (Wildman–Crippen MR) is 76.4 cm³/mol. The lowest BCUT2D eigenvalue weighted by Gasteiger charge is -2.14. The van der Waals surface area contributed by atoms with Gasteiger partial charge in [0.25, 0.3) is 0 Å². The molecule has 0 aliphatic rings. The van der Waals surface area contributed by atoms with E-state index < -0.39 is 0 Å². The minimum absolute atomic E-state index is 0.263. The van der Waals surface area contributed by atoms with Gasteiger partial charge in [0.15, 0.2) is 0 Å². The molecule has 0 spiro atoms. The minimum Gasteiger partial charge on any atom is -0.494 e. The maximum atomic E-state index is 8.91. The molecule has 0 N–H and O–H groups in total. The summed E-state index contributed by atoms with van der Waals surface area (Å²) in [5.41, 5.74) is -0.263. The summed E-state index contributed by atoms with van der Waals surface area (Å²) >= 11 is 0. The molecule has 0 amide bonds. The fourth-order valence-corrected chi connectivity index (χ4v) is 1.61. The van der Waals surface area contributed by atoms with Crippen LogP contribution < -0.4 is 9.47 Å². The lowest BCUT2D eigenvalue weighted by atomic mass is 9.90. The highest BCUT2D eigenvalue weighted by Gasteiger charge is 2.15. The van der Waals surface area contributed by atoms with Crippen LogP contribution in [0.3, 0.4) is 0 Å². The topological polar surface area (TPSA) is 42.2 Å². The summed E-state index contributed by atoms with van der Waals surface area (Å²) in [6.07, 6.45) is 2.74. The molecule has 0 saturated heterocycles. The molecule has 3 heteroatoms. The number of rotatable bonds is 8. The Kier molecular flexibility index (Phi) is 6.21. The van der Waals surface area contributed by atoms with Crippen LogP contribution >= 0.6 is 0 Å². The normalized spacial score (nSPS) is 10.8. The Morgan fingerprint density at radius 2 is 1.58 bits per heavy atom. The highest BCUT2D eigenvalue weighted by atomic mass is 16.5. The van der Waals surface area contributed by atoms with Crippen molar-refractivity contribution in [3.8, 4) is 17.6 Å². The van der Waals surface area contributed by atoms with Crippen LogP contribution in [0.25, 0.3) is 0 Å². The Labute approximate surface area is 116 Å². The maximum absolute atomic E-state index is 8.91. The number of hydrogen-bond acceptors (Lipinski definition) is 3. The molecule has 0 bridgehead atoms. The average molecular weight is 261 g/mol. The third kappa shape index (κ3) is 6.15.